The first-order chi connectivity index (χ1) is 15.4. The molecule has 162 valence electrons. The zero-order chi connectivity index (χ0) is 22.8. The summed E-state index contributed by atoms with van der Waals surface area (Å²) in [5, 5.41) is 9.72. The largest absolute Gasteiger partial charge is 0.497 e. The second-order valence-corrected chi connectivity index (χ2v) is 7.82. The van der Waals surface area contributed by atoms with Crippen LogP contribution in [0.2, 0.25) is 10.2 Å². The van der Waals surface area contributed by atoms with Crippen molar-refractivity contribution in [1.82, 2.24) is 14.0 Å². The highest BCUT2D eigenvalue weighted by Gasteiger charge is 2.17. The summed E-state index contributed by atoms with van der Waals surface area (Å²) in [7, 11) is 3.14. The highest BCUT2D eigenvalue weighted by atomic mass is 35.5. The molecule has 0 radical (unpaired) electrons. The van der Waals surface area contributed by atoms with Gasteiger partial charge in [0.2, 0.25) is 0 Å². The third-order valence-corrected chi connectivity index (χ3v) is 5.87. The summed E-state index contributed by atoms with van der Waals surface area (Å²) in [5.74, 6) is 1.26. The fraction of sp³-hybridized carbons (Fsp3) is 0.174. The van der Waals surface area contributed by atoms with Gasteiger partial charge in [0.05, 0.1) is 37.4 Å². The molecule has 0 saturated heterocycles. The molecule has 0 atom stereocenters. The Bertz CT molecular complexity index is 1420. The van der Waals surface area contributed by atoms with Crippen LogP contribution in [0.25, 0.3) is 5.52 Å². The first-order valence-electron chi connectivity index (χ1n) is 9.60. The van der Waals surface area contributed by atoms with E-state index in [-0.39, 0.29) is 22.3 Å². The monoisotopic (exact) mass is 468 g/mol. The van der Waals surface area contributed by atoms with Gasteiger partial charge in [-0.3, -0.25) is 14.2 Å². The fourth-order valence-electron chi connectivity index (χ4n) is 3.58. The van der Waals surface area contributed by atoms with Crippen molar-refractivity contribution in [3.63, 3.8) is 0 Å². The van der Waals surface area contributed by atoms with E-state index in [1.807, 2.05) is 12.1 Å². The molecule has 4 rings (SSSR count). The molecule has 0 unspecified atom stereocenters. The van der Waals surface area contributed by atoms with E-state index in [4.69, 9.17) is 32.7 Å². The smallest absolute Gasteiger partial charge is 0.275 e. The van der Waals surface area contributed by atoms with E-state index < -0.39 is 0 Å². The van der Waals surface area contributed by atoms with Crippen LogP contribution in [0.5, 0.6) is 11.5 Å². The number of methoxy groups -OCH3 is 2. The lowest BCUT2D eigenvalue weighted by Crippen LogP contribution is -2.24. The number of ether oxygens (including phenoxy) is 2. The van der Waals surface area contributed by atoms with Gasteiger partial charge in [-0.15, -0.1) is 0 Å². The molecule has 9 heteroatoms. The summed E-state index contributed by atoms with van der Waals surface area (Å²) in [6.45, 7) is 0.265. The van der Waals surface area contributed by atoms with Gasteiger partial charge in [-0.25, -0.2) is 0 Å². The molecule has 0 aliphatic heterocycles. The van der Waals surface area contributed by atoms with Crippen molar-refractivity contribution in [2.75, 3.05) is 14.2 Å². The summed E-state index contributed by atoms with van der Waals surface area (Å²) >= 11 is 12.7. The van der Waals surface area contributed by atoms with Crippen LogP contribution >= 0.6 is 23.2 Å². The minimum absolute atomic E-state index is 0.249. The summed E-state index contributed by atoms with van der Waals surface area (Å²) in [6, 6.07) is 12.4. The van der Waals surface area contributed by atoms with Crippen LogP contribution in [0.4, 0.5) is 0 Å². The van der Waals surface area contributed by atoms with Crippen molar-refractivity contribution in [2.45, 2.75) is 13.0 Å². The number of fused-ring (bicyclic) bond motifs is 1. The maximum atomic E-state index is 13.2. The lowest BCUT2D eigenvalue weighted by molar-refractivity contribution is 0.390. The molecule has 0 N–H and O–H groups in total. The summed E-state index contributed by atoms with van der Waals surface area (Å²) in [6.07, 6.45) is 3.65. The van der Waals surface area contributed by atoms with Crippen LogP contribution in [0.1, 0.15) is 22.5 Å². The molecule has 0 bridgehead atoms. The molecule has 3 aromatic heterocycles. The predicted molar refractivity (Wildman–Crippen MR) is 122 cm³/mol. The lowest BCUT2D eigenvalue weighted by Gasteiger charge is -2.15. The average Bonchev–Trinajstić information content (AvgIpc) is 3.12. The maximum absolute atomic E-state index is 13.2. The van der Waals surface area contributed by atoms with Gasteiger partial charge < -0.3 is 14.0 Å². The topological polar surface area (TPSA) is 81.5 Å². The number of aromatic nitrogens is 3. The molecule has 3 heterocycles. The minimum atomic E-state index is -0.251. The molecule has 0 aliphatic rings. The number of halogens is 2. The predicted octanol–water partition coefficient (Wildman–Crippen LogP) is 4.33. The van der Waals surface area contributed by atoms with Gasteiger partial charge in [-0.1, -0.05) is 23.2 Å². The zero-order valence-electron chi connectivity index (χ0n) is 17.3. The average molecular weight is 469 g/mol. The van der Waals surface area contributed by atoms with Gasteiger partial charge >= 0.3 is 0 Å². The van der Waals surface area contributed by atoms with E-state index in [0.29, 0.717) is 40.4 Å². The van der Waals surface area contributed by atoms with Crippen molar-refractivity contribution >= 4 is 28.7 Å². The van der Waals surface area contributed by atoms with E-state index >= 15 is 0 Å². The third-order valence-electron chi connectivity index (χ3n) is 5.11. The highest BCUT2D eigenvalue weighted by molar-refractivity contribution is 6.42. The van der Waals surface area contributed by atoms with E-state index in [9.17, 15) is 10.1 Å². The van der Waals surface area contributed by atoms with Crippen LogP contribution < -0.4 is 15.0 Å². The van der Waals surface area contributed by atoms with Gasteiger partial charge in [-0.05, 0) is 30.3 Å². The van der Waals surface area contributed by atoms with Crippen molar-refractivity contribution in [3.8, 4) is 17.6 Å². The zero-order valence-corrected chi connectivity index (χ0v) is 18.8. The number of nitrogens with zero attached hydrogens (tertiary/aromatic N) is 4. The van der Waals surface area contributed by atoms with Crippen LogP contribution in [-0.2, 0) is 13.0 Å². The Balaban J connectivity index is 1.85. The number of benzene rings is 1. The molecule has 0 aliphatic carbocycles. The quantitative estimate of drug-likeness (QED) is 0.420. The second kappa shape index (κ2) is 8.95. The Hall–Kier alpha value is -3.47. The highest BCUT2D eigenvalue weighted by Crippen LogP contribution is 2.28. The number of rotatable bonds is 6. The van der Waals surface area contributed by atoms with E-state index in [2.05, 4.69) is 11.1 Å². The number of hydrogen-bond acceptors (Lipinski definition) is 5. The molecular formula is C23H18Cl2N4O3. The Morgan fingerprint density at radius 3 is 2.66 bits per heavy atom. The van der Waals surface area contributed by atoms with Crippen LogP contribution in [-0.4, -0.2) is 28.2 Å². The first-order valence-corrected chi connectivity index (χ1v) is 10.4. The van der Waals surface area contributed by atoms with Gasteiger partial charge in [0.25, 0.3) is 5.56 Å². The summed E-state index contributed by atoms with van der Waals surface area (Å²) in [4.78, 5) is 17.6. The molecule has 4 aromatic rings. The third kappa shape index (κ3) is 4.03. The molecule has 32 heavy (non-hydrogen) atoms. The van der Waals surface area contributed by atoms with Crippen LogP contribution in [0.3, 0.4) is 0 Å². The van der Waals surface area contributed by atoms with Gasteiger partial charge in [0, 0.05) is 41.8 Å². The molecule has 1 aromatic carbocycles. The fourth-order valence-corrected chi connectivity index (χ4v) is 4.02. The number of nitriles is 1. The van der Waals surface area contributed by atoms with Crippen molar-refractivity contribution in [2.24, 2.45) is 0 Å². The van der Waals surface area contributed by atoms with Crippen LogP contribution in [0.15, 0.2) is 53.6 Å². The summed E-state index contributed by atoms with van der Waals surface area (Å²) < 4.78 is 13.9. The van der Waals surface area contributed by atoms with Crippen molar-refractivity contribution in [1.29, 1.82) is 5.26 Å². The minimum Gasteiger partial charge on any atom is -0.497 e. The molecule has 0 amide bonds. The standard InChI is InChI=1S/C23H18Cl2N4O3/c1-31-18-4-3-15(21(9-18)32-2)12-28-13-17(8-16-7-14(11-26)5-6-27-16)29-20(23(28)30)10-19(24)22(29)25/h3-7,9-10,13H,8,12H2,1-2H3. The molecule has 0 fully saturated rings. The number of pyridine rings is 1. The Labute approximate surface area is 194 Å². The molecule has 7 nitrogen and oxygen atoms in total. The Morgan fingerprint density at radius 1 is 1.12 bits per heavy atom. The molecule has 0 spiro atoms. The van der Waals surface area contributed by atoms with Gasteiger partial charge in [0.15, 0.2) is 0 Å². The van der Waals surface area contributed by atoms with Crippen molar-refractivity contribution in [3.05, 3.63) is 91.8 Å². The van der Waals surface area contributed by atoms with Gasteiger partial charge in [-0.2, -0.15) is 5.26 Å². The van der Waals surface area contributed by atoms with E-state index in [1.54, 1.807) is 59.8 Å². The van der Waals surface area contributed by atoms with E-state index in [1.165, 1.54) is 0 Å². The van der Waals surface area contributed by atoms with Crippen LogP contribution in [0, 0.1) is 11.3 Å². The SMILES string of the molecule is COc1ccc(Cn2cc(Cc3cc(C#N)ccn3)n3c(Cl)c(Cl)cc3c2=O)c(OC)c1. The maximum Gasteiger partial charge on any atom is 0.275 e. The lowest BCUT2D eigenvalue weighted by atomic mass is 10.1. The molecular weight excluding hydrogens is 451 g/mol. The first kappa shape index (κ1) is 21.8. The van der Waals surface area contributed by atoms with Gasteiger partial charge in [0.1, 0.15) is 22.2 Å². The molecule has 0 saturated carbocycles. The van der Waals surface area contributed by atoms with Crippen molar-refractivity contribution < 1.29 is 9.47 Å². The Morgan fingerprint density at radius 2 is 1.94 bits per heavy atom. The normalized spacial score (nSPS) is 10.8. The van der Waals surface area contributed by atoms with E-state index in [0.717, 1.165) is 5.56 Å². The Kier molecular flexibility index (Phi) is 6.08. The summed E-state index contributed by atoms with van der Waals surface area (Å²) in [5.41, 5.74) is 2.77. The number of hydrogen-bond donors (Lipinski definition) is 0. The second-order valence-electron chi connectivity index (χ2n) is 7.06.